The van der Waals surface area contributed by atoms with Crippen LogP contribution in [0.5, 0.6) is 0 Å². The van der Waals surface area contributed by atoms with Crippen LogP contribution >= 0.6 is 0 Å². The third kappa shape index (κ3) is 4.55. The number of hydrogen-bond donors (Lipinski definition) is 2. The van der Waals surface area contributed by atoms with Crippen LogP contribution in [0.25, 0.3) is 5.76 Å². The second kappa shape index (κ2) is 11.0. The van der Waals surface area contributed by atoms with Gasteiger partial charge in [-0.1, -0.05) is 30.3 Å². The number of morpholine rings is 1. The maximum atomic E-state index is 14.1. The molecule has 5 rings (SSSR count). The predicted molar refractivity (Wildman–Crippen MR) is 145 cm³/mol. The van der Waals surface area contributed by atoms with E-state index in [1.807, 2.05) is 0 Å². The van der Waals surface area contributed by atoms with E-state index >= 15 is 0 Å². The number of ether oxygens (including phenoxy) is 4. The predicted octanol–water partition coefficient (Wildman–Crippen LogP) is 1.64. The van der Waals surface area contributed by atoms with Crippen LogP contribution in [-0.4, -0.2) is 70.1 Å². The summed E-state index contributed by atoms with van der Waals surface area (Å²) in [7, 11) is -4.04. The zero-order chi connectivity index (χ0) is 29.4. The van der Waals surface area contributed by atoms with Crippen molar-refractivity contribution in [3.8, 4) is 0 Å². The SMILES string of the molecule is CCOC(=O)C1=C(N)OC(c2ccccc2)=C(C(=O)OCC)C12C(=O)Nc1ccc(S(=O)(=O)N3CCOCC3)cc12. The molecular formula is C28H29N3O9S. The highest BCUT2D eigenvalue weighted by Crippen LogP contribution is 2.54. The van der Waals surface area contributed by atoms with Crippen LogP contribution in [-0.2, 0) is 48.8 Å². The minimum absolute atomic E-state index is 0.0163. The Bertz CT molecular complexity index is 1580. The Morgan fingerprint density at radius 3 is 2.27 bits per heavy atom. The molecule has 1 saturated heterocycles. The second-order valence-corrected chi connectivity index (χ2v) is 11.2. The summed E-state index contributed by atoms with van der Waals surface area (Å²) in [6.45, 7) is 3.76. The van der Waals surface area contributed by atoms with E-state index in [1.54, 1.807) is 44.2 Å². The quantitative estimate of drug-likeness (QED) is 0.458. The van der Waals surface area contributed by atoms with Crippen molar-refractivity contribution in [2.75, 3.05) is 44.8 Å². The van der Waals surface area contributed by atoms with Gasteiger partial charge in [-0.2, -0.15) is 4.31 Å². The molecule has 2 aromatic rings. The summed E-state index contributed by atoms with van der Waals surface area (Å²) < 4.78 is 50.4. The molecular weight excluding hydrogens is 554 g/mol. The Labute approximate surface area is 236 Å². The zero-order valence-electron chi connectivity index (χ0n) is 22.5. The molecule has 1 spiro atoms. The van der Waals surface area contributed by atoms with Crippen LogP contribution in [0.4, 0.5) is 5.69 Å². The lowest BCUT2D eigenvalue weighted by Crippen LogP contribution is -2.48. The van der Waals surface area contributed by atoms with Gasteiger partial charge in [-0.15, -0.1) is 0 Å². The fraction of sp³-hybridized carbons (Fsp3) is 0.321. The molecule has 12 nitrogen and oxygen atoms in total. The third-order valence-electron chi connectivity index (χ3n) is 7.02. The Balaban J connectivity index is 1.84. The molecule has 41 heavy (non-hydrogen) atoms. The molecule has 3 aliphatic heterocycles. The number of benzene rings is 2. The molecule has 1 unspecified atom stereocenters. The normalized spacial score (nSPS) is 20.9. The van der Waals surface area contributed by atoms with Crippen molar-refractivity contribution in [1.82, 2.24) is 4.31 Å². The van der Waals surface area contributed by atoms with Gasteiger partial charge in [0.25, 0.3) is 0 Å². The number of nitrogens with one attached hydrogen (secondary N) is 1. The highest BCUT2D eigenvalue weighted by atomic mass is 32.2. The van der Waals surface area contributed by atoms with Gasteiger partial charge in [0.2, 0.25) is 21.8 Å². The molecule has 0 radical (unpaired) electrons. The van der Waals surface area contributed by atoms with Gasteiger partial charge in [0.1, 0.15) is 22.3 Å². The smallest absolute Gasteiger partial charge is 0.341 e. The molecule has 216 valence electrons. The Morgan fingerprint density at radius 1 is 1.00 bits per heavy atom. The van der Waals surface area contributed by atoms with E-state index in [2.05, 4.69) is 5.32 Å². The minimum atomic E-state index is -4.04. The Kier molecular flexibility index (Phi) is 7.60. The number of esters is 2. The molecule has 3 aliphatic rings. The maximum Gasteiger partial charge on any atom is 0.341 e. The van der Waals surface area contributed by atoms with Crippen molar-refractivity contribution < 1.29 is 41.7 Å². The topological polar surface area (TPSA) is 164 Å². The third-order valence-corrected chi connectivity index (χ3v) is 8.92. The molecule has 0 aliphatic carbocycles. The molecule has 0 bridgehead atoms. The number of rotatable bonds is 7. The fourth-order valence-corrected chi connectivity index (χ4v) is 6.70. The summed E-state index contributed by atoms with van der Waals surface area (Å²) in [5, 5.41) is 2.70. The molecule has 0 aromatic heterocycles. The summed E-state index contributed by atoms with van der Waals surface area (Å²) in [6.07, 6.45) is 0. The zero-order valence-corrected chi connectivity index (χ0v) is 23.3. The number of hydrogen-bond acceptors (Lipinski definition) is 10. The van der Waals surface area contributed by atoms with Gasteiger partial charge in [0.15, 0.2) is 0 Å². The number of nitrogens with two attached hydrogens (primary N) is 1. The van der Waals surface area contributed by atoms with Crippen LogP contribution in [0, 0.1) is 0 Å². The molecule has 1 amide bonds. The van der Waals surface area contributed by atoms with E-state index in [0.29, 0.717) is 5.56 Å². The van der Waals surface area contributed by atoms with Crippen molar-refractivity contribution >= 4 is 39.3 Å². The number of nitrogens with zero attached hydrogens (tertiary/aromatic N) is 1. The van der Waals surface area contributed by atoms with E-state index in [-0.39, 0.29) is 67.0 Å². The minimum Gasteiger partial charge on any atom is -0.462 e. The van der Waals surface area contributed by atoms with Gasteiger partial charge in [-0.25, -0.2) is 18.0 Å². The molecule has 0 saturated carbocycles. The Morgan fingerprint density at radius 2 is 1.63 bits per heavy atom. The van der Waals surface area contributed by atoms with Gasteiger partial charge in [0.05, 0.1) is 31.3 Å². The lowest BCUT2D eigenvalue weighted by atomic mass is 9.67. The number of fused-ring (bicyclic) bond motifs is 2. The molecule has 13 heteroatoms. The van der Waals surface area contributed by atoms with Crippen LogP contribution in [0.2, 0.25) is 0 Å². The van der Waals surface area contributed by atoms with Crippen molar-refractivity contribution in [3.05, 3.63) is 76.7 Å². The summed E-state index contributed by atoms with van der Waals surface area (Å²) in [4.78, 5) is 41.3. The largest absolute Gasteiger partial charge is 0.462 e. The van der Waals surface area contributed by atoms with Gasteiger partial charge in [0, 0.05) is 29.9 Å². The number of anilines is 1. The monoisotopic (exact) mass is 583 g/mol. The maximum absolute atomic E-state index is 14.1. The van der Waals surface area contributed by atoms with E-state index in [0.717, 1.165) is 0 Å². The van der Waals surface area contributed by atoms with Crippen molar-refractivity contribution in [2.24, 2.45) is 5.73 Å². The van der Waals surface area contributed by atoms with Crippen LogP contribution in [0.3, 0.4) is 0 Å². The van der Waals surface area contributed by atoms with Gasteiger partial charge >= 0.3 is 11.9 Å². The highest BCUT2D eigenvalue weighted by molar-refractivity contribution is 7.89. The van der Waals surface area contributed by atoms with Crippen LogP contribution in [0.15, 0.2) is 70.5 Å². The molecule has 1 fully saturated rings. The van der Waals surface area contributed by atoms with E-state index in [1.165, 1.54) is 22.5 Å². The average Bonchev–Trinajstić information content (AvgIpc) is 3.24. The lowest BCUT2D eigenvalue weighted by molar-refractivity contribution is -0.142. The number of carbonyl (C=O) groups is 3. The van der Waals surface area contributed by atoms with Crippen molar-refractivity contribution in [2.45, 2.75) is 24.2 Å². The molecule has 3 heterocycles. The first kappa shape index (κ1) is 28.3. The first-order valence-electron chi connectivity index (χ1n) is 13.0. The molecule has 1 atom stereocenters. The molecule has 3 N–H and O–H groups in total. The summed E-state index contributed by atoms with van der Waals surface area (Å²) in [5.41, 5.74) is 3.87. The van der Waals surface area contributed by atoms with Gasteiger partial charge in [-0.05, 0) is 32.0 Å². The van der Waals surface area contributed by atoms with Crippen molar-refractivity contribution in [1.29, 1.82) is 0 Å². The first-order chi connectivity index (χ1) is 19.7. The van der Waals surface area contributed by atoms with Gasteiger partial charge < -0.3 is 30.0 Å². The standard InChI is InChI=1S/C28H29N3O9S/c1-3-38-25(32)21-23(17-8-6-5-7-9-17)40-24(29)22(26(33)39-4-2)28(21)19-16-18(10-11-20(19)30-27(28)34)41(35,36)31-12-14-37-15-13-31/h5-11,16H,3-4,12-15,29H2,1-2H3,(H,30,34). The lowest BCUT2D eigenvalue weighted by Gasteiger charge is -2.36. The summed E-state index contributed by atoms with van der Waals surface area (Å²) in [6, 6.07) is 12.4. The summed E-state index contributed by atoms with van der Waals surface area (Å²) in [5.74, 6) is -3.37. The Hall–Kier alpha value is -4.20. The van der Waals surface area contributed by atoms with E-state index in [9.17, 15) is 22.8 Å². The summed E-state index contributed by atoms with van der Waals surface area (Å²) >= 11 is 0. The highest BCUT2D eigenvalue weighted by Gasteiger charge is 2.62. The number of amides is 1. The second-order valence-electron chi connectivity index (χ2n) is 9.28. The van der Waals surface area contributed by atoms with E-state index < -0.39 is 44.7 Å². The van der Waals surface area contributed by atoms with E-state index in [4.69, 9.17) is 24.7 Å². The first-order valence-corrected chi connectivity index (χ1v) is 14.5. The molecule has 2 aromatic carbocycles. The van der Waals surface area contributed by atoms with Crippen LogP contribution < -0.4 is 11.1 Å². The van der Waals surface area contributed by atoms with Crippen LogP contribution in [0.1, 0.15) is 25.0 Å². The average molecular weight is 584 g/mol. The fourth-order valence-electron chi connectivity index (χ4n) is 5.26. The number of sulfonamides is 1. The van der Waals surface area contributed by atoms with Gasteiger partial charge in [-0.3, -0.25) is 4.79 Å². The number of carbonyl (C=O) groups excluding carboxylic acids is 3. The van der Waals surface area contributed by atoms with Crippen molar-refractivity contribution in [3.63, 3.8) is 0 Å².